The van der Waals surface area contributed by atoms with Crippen molar-refractivity contribution in [2.45, 2.75) is 26.4 Å². The van der Waals surface area contributed by atoms with Crippen molar-refractivity contribution in [3.63, 3.8) is 0 Å². The molecule has 1 atom stereocenters. The fourth-order valence-electron chi connectivity index (χ4n) is 1.17. The first kappa shape index (κ1) is 9.84. The maximum Gasteiger partial charge on any atom is 0.334 e. The van der Waals surface area contributed by atoms with E-state index in [2.05, 4.69) is 0 Å². The van der Waals surface area contributed by atoms with Gasteiger partial charge >= 0.3 is 5.97 Å². The van der Waals surface area contributed by atoms with Gasteiger partial charge in [-0.3, -0.25) is 0 Å². The normalized spacial score (nSPS) is 23.6. The molecule has 1 rings (SSSR count). The second-order valence-electron chi connectivity index (χ2n) is 2.98. The van der Waals surface area contributed by atoms with E-state index in [-0.39, 0.29) is 12.1 Å². The molecule has 13 heavy (non-hydrogen) atoms. The van der Waals surface area contributed by atoms with Gasteiger partial charge in [0.15, 0.2) is 0 Å². The molecule has 0 spiro atoms. The van der Waals surface area contributed by atoms with Gasteiger partial charge in [0.05, 0.1) is 13.2 Å². The van der Waals surface area contributed by atoms with Gasteiger partial charge in [0.25, 0.3) is 0 Å². The van der Waals surface area contributed by atoms with Gasteiger partial charge in [-0.05, 0) is 19.4 Å². The standard InChI is InChI=1S/C10H14O3/c1-4-7(2)9-5-8(12-3)6-10(11)13-9/h4,6,9H,5H2,1-3H3/b7-4+. The van der Waals surface area contributed by atoms with Crippen LogP contribution in [0.2, 0.25) is 0 Å². The van der Waals surface area contributed by atoms with Crippen molar-refractivity contribution in [3.8, 4) is 0 Å². The van der Waals surface area contributed by atoms with Crippen LogP contribution in [0.1, 0.15) is 20.3 Å². The van der Waals surface area contributed by atoms with Crippen LogP contribution in [0, 0.1) is 0 Å². The van der Waals surface area contributed by atoms with E-state index in [1.165, 1.54) is 6.08 Å². The number of rotatable bonds is 2. The van der Waals surface area contributed by atoms with E-state index in [0.717, 1.165) is 5.57 Å². The van der Waals surface area contributed by atoms with Crippen molar-refractivity contribution < 1.29 is 14.3 Å². The summed E-state index contributed by atoms with van der Waals surface area (Å²) in [5, 5.41) is 0. The number of esters is 1. The van der Waals surface area contributed by atoms with Crippen molar-refractivity contribution in [1.29, 1.82) is 0 Å². The van der Waals surface area contributed by atoms with Crippen LogP contribution in [0.5, 0.6) is 0 Å². The molecule has 0 aromatic rings. The quantitative estimate of drug-likeness (QED) is 0.482. The summed E-state index contributed by atoms with van der Waals surface area (Å²) in [5.74, 6) is 0.358. The lowest BCUT2D eigenvalue weighted by Crippen LogP contribution is -2.24. The molecule has 1 unspecified atom stereocenters. The number of allylic oxidation sites excluding steroid dienone is 1. The summed E-state index contributed by atoms with van der Waals surface area (Å²) >= 11 is 0. The lowest BCUT2D eigenvalue weighted by molar-refractivity contribution is -0.143. The predicted octanol–water partition coefficient (Wildman–Crippen LogP) is 1.80. The molecule has 0 saturated heterocycles. The highest BCUT2D eigenvalue weighted by molar-refractivity contribution is 5.83. The van der Waals surface area contributed by atoms with Crippen LogP contribution < -0.4 is 0 Å². The summed E-state index contributed by atoms with van der Waals surface area (Å²) in [4.78, 5) is 11.1. The van der Waals surface area contributed by atoms with Crippen LogP contribution in [0.4, 0.5) is 0 Å². The highest BCUT2D eigenvalue weighted by Gasteiger charge is 2.22. The summed E-state index contributed by atoms with van der Waals surface area (Å²) in [5.41, 5.74) is 1.05. The van der Waals surface area contributed by atoms with Gasteiger partial charge in [0.1, 0.15) is 11.9 Å². The maximum absolute atomic E-state index is 11.1. The molecule has 0 radical (unpaired) electrons. The van der Waals surface area contributed by atoms with Crippen molar-refractivity contribution in [2.24, 2.45) is 0 Å². The minimum absolute atomic E-state index is 0.155. The van der Waals surface area contributed by atoms with Crippen molar-refractivity contribution >= 4 is 5.97 Å². The molecule has 1 heterocycles. The lowest BCUT2D eigenvalue weighted by atomic mass is 10.1. The predicted molar refractivity (Wildman–Crippen MR) is 49.0 cm³/mol. The fraction of sp³-hybridized carbons (Fsp3) is 0.500. The van der Waals surface area contributed by atoms with E-state index in [4.69, 9.17) is 9.47 Å². The molecule has 0 fully saturated rings. The number of carbonyl (C=O) groups is 1. The first-order chi connectivity index (χ1) is 6.17. The van der Waals surface area contributed by atoms with E-state index in [1.807, 2.05) is 19.9 Å². The van der Waals surface area contributed by atoms with Crippen LogP contribution in [0.25, 0.3) is 0 Å². The molecular weight excluding hydrogens is 168 g/mol. The first-order valence-electron chi connectivity index (χ1n) is 4.25. The zero-order chi connectivity index (χ0) is 9.84. The zero-order valence-corrected chi connectivity index (χ0v) is 8.16. The lowest BCUT2D eigenvalue weighted by Gasteiger charge is -2.22. The summed E-state index contributed by atoms with van der Waals surface area (Å²) < 4.78 is 10.1. The van der Waals surface area contributed by atoms with Gasteiger partial charge in [-0.1, -0.05) is 6.08 Å². The summed E-state index contributed by atoms with van der Waals surface area (Å²) in [6.45, 7) is 3.87. The van der Waals surface area contributed by atoms with E-state index >= 15 is 0 Å². The number of methoxy groups -OCH3 is 1. The Morgan fingerprint density at radius 3 is 3.00 bits per heavy atom. The molecule has 0 aliphatic carbocycles. The number of carbonyl (C=O) groups excluding carboxylic acids is 1. The molecule has 3 heteroatoms. The van der Waals surface area contributed by atoms with Crippen molar-refractivity contribution in [3.05, 3.63) is 23.5 Å². The molecule has 1 aliphatic rings. The van der Waals surface area contributed by atoms with Gasteiger partial charge in [0.2, 0.25) is 0 Å². The number of ether oxygens (including phenoxy) is 2. The summed E-state index contributed by atoms with van der Waals surface area (Å²) in [7, 11) is 1.56. The third-order valence-corrected chi connectivity index (χ3v) is 2.15. The Balaban J connectivity index is 2.75. The maximum atomic E-state index is 11.1. The second-order valence-corrected chi connectivity index (χ2v) is 2.98. The van der Waals surface area contributed by atoms with E-state index in [0.29, 0.717) is 12.2 Å². The Labute approximate surface area is 78.0 Å². The number of hydrogen-bond donors (Lipinski definition) is 0. The average molecular weight is 182 g/mol. The van der Waals surface area contributed by atoms with Crippen LogP contribution >= 0.6 is 0 Å². The van der Waals surface area contributed by atoms with Gasteiger partial charge < -0.3 is 9.47 Å². The SMILES string of the molecule is C/C=C(\C)C1CC(OC)=CC(=O)O1. The Kier molecular flexibility index (Phi) is 3.12. The van der Waals surface area contributed by atoms with E-state index in [9.17, 15) is 4.79 Å². The van der Waals surface area contributed by atoms with E-state index in [1.54, 1.807) is 7.11 Å². The molecule has 0 saturated carbocycles. The summed E-state index contributed by atoms with van der Waals surface area (Å²) in [6, 6.07) is 0. The van der Waals surface area contributed by atoms with Crippen molar-refractivity contribution in [1.82, 2.24) is 0 Å². The molecular formula is C10H14O3. The highest BCUT2D eigenvalue weighted by Crippen LogP contribution is 2.21. The average Bonchev–Trinajstić information content (AvgIpc) is 2.15. The molecule has 0 aromatic carbocycles. The third-order valence-electron chi connectivity index (χ3n) is 2.15. The molecule has 0 N–H and O–H groups in total. The largest absolute Gasteiger partial charge is 0.501 e. The number of hydrogen-bond acceptors (Lipinski definition) is 3. The van der Waals surface area contributed by atoms with Gasteiger partial charge in [-0.2, -0.15) is 0 Å². The minimum Gasteiger partial charge on any atom is -0.501 e. The minimum atomic E-state index is -0.325. The van der Waals surface area contributed by atoms with Crippen LogP contribution in [0.3, 0.4) is 0 Å². The van der Waals surface area contributed by atoms with Gasteiger partial charge in [-0.25, -0.2) is 4.79 Å². The highest BCUT2D eigenvalue weighted by atomic mass is 16.5. The van der Waals surface area contributed by atoms with Crippen molar-refractivity contribution in [2.75, 3.05) is 7.11 Å². The Bertz CT molecular complexity index is 263. The third kappa shape index (κ3) is 2.34. The molecule has 0 bridgehead atoms. The number of cyclic esters (lactones) is 1. The monoisotopic (exact) mass is 182 g/mol. The Morgan fingerprint density at radius 2 is 2.46 bits per heavy atom. The Morgan fingerprint density at radius 1 is 1.77 bits per heavy atom. The zero-order valence-electron chi connectivity index (χ0n) is 8.16. The molecule has 0 amide bonds. The fourth-order valence-corrected chi connectivity index (χ4v) is 1.17. The smallest absolute Gasteiger partial charge is 0.334 e. The molecule has 3 nitrogen and oxygen atoms in total. The van der Waals surface area contributed by atoms with Crippen LogP contribution in [-0.4, -0.2) is 19.2 Å². The molecule has 72 valence electrons. The van der Waals surface area contributed by atoms with Gasteiger partial charge in [-0.15, -0.1) is 0 Å². The first-order valence-corrected chi connectivity index (χ1v) is 4.25. The van der Waals surface area contributed by atoms with Gasteiger partial charge in [0, 0.05) is 6.42 Å². The molecule has 0 aromatic heterocycles. The molecule has 1 aliphatic heterocycles. The topological polar surface area (TPSA) is 35.5 Å². The van der Waals surface area contributed by atoms with Crippen LogP contribution in [-0.2, 0) is 14.3 Å². The Hall–Kier alpha value is -1.25. The second kappa shape index (κ2) is 4.12. The van der Waals surface area contributed by atoms with Crippen LogP contribution in [0.15, 0.2) is 23.5 Å². The van der Waals surface area contributed by atoms with E-state index < -0.39 is 0 Å². The summed E-state index contributed by atoms with van der Waals surface area (Å²) in [6.07, 6.45) is 3.81.